The molecular weight excluding hydrogens is 528 g/mol. The molecule has 2 heterocycles. The quantitative estimate of drug-likeness (QED) is 0.120. The molecule has 41 heavy (non-hydrogen) atoms. The molecule has 2 rings (SSSR count). The summed E-state index contributed by atoms with van der Waals surface area (Å²) in [5.41, 5.74) is -0.657. The number of hydrogen-bond donors (Lipinski definition) is 0. The van der Waals surface area contributed by atoms with E-state index in [0.717, 1.165) is 12.8 Å². The monoisotopic (exact) mass is 580 g/mol. The Morgan fingerprint density at radius 2 is 1.46 bits per heavy atom. The Bertz CT molecular complexity index is 931. The van der Waals surface area contributed by atoms with Crippen LogP contribution in [0.3, 0.4) is 0 Å². The van der Waals surface area contributed by atoms with Gasteiger partial charge in [-0.2, -0.15) is 0 Å². The van der Waals surface area contributed by atoms with E-state index in [1.54, 1.807) is 26.8 Å². The summed E-state index contributed by atoms with van der Waals surface area (Å²) in [5.74, 6) is -0.626. The van der Waals surface area contributed by atoms with Crippen LogP contribution in [0.15, 0.2) is 16.5 Å². The van der Waals surface area contributed by atoms with Gasteiger partial charge in [0, 0.05) is 13.0 Å². The van der Waals surface area contributed by atoms with Crippen LogP contribution >= 0.6 is 0 Å². The molecule has 0 bridgehead atoms. The van der Waals surface area contributed by atoms with Crippen LogP contribution in [0, 0.1) is 0 Å². The zero-order valence-corrected chi connectivity index (χ0v) is 25.9. The molecule has 234 valence electrons. The number of piperazine rings is 1. The normalized spacial score (nSPS) is 15.8. The van der Waals surface area contributed by atoms with Crippen molar-refractivity contribution in [2.75, 3.05) is 32.8 Å². The van der Waals surface area contributed by atoms with Gasteiger partial charge in [-0.15, -0.1) is 0 Å². The molecule has 0 spiro atoms. The Morgan fingerprint density at radius 1 is 0.927 bits per heavy atom. The average Bonchev–Trinajstić information content (AvgIpc) is 3.39. The maximum absolute atomic E-state index is 12.7. The molecule has 1 unspecified atom stereocenters. The highest BCUT2D eigenvalue weighted by atomic mass is 16.6. The van der Waals surface area contributed by atoms with E-state index in [1.807, 2.05) is 0 Å². The number of quaternary nitrogens is 1. The van der Waals surface area contributed by atoms with E-state index in [0.29, 0.717) is 6.61 Å². The highest BCUT2D eigenvalue weighted by Gasteiger charge is 2.44. The molecule has 2 amide bonds. The lowest BCUT2D eigenvalue weighted by atomic mass is 10.1. The molecular formula is C31H52N2O8. The van der Waals surface area contributed by atoms with E-state index in [2.05, 4.69) is 6.92 Å². The number of ether oxygens (including phenoxy) is 3. The summed E-state index contributed by atoms with van der Waals surface area (Å²) in [6.07, 6.45) is 12.2. The van der Waals surface area contributed by atoms with Crippen LogP contribution < -0.4 is 9.84 Å². The maximum atomic E-state index is 12.7. The number of furan rings is 1. The largest absolute Gasteiger partial charge is 0.498 e. The zero-order chi connectivity index (χ0) is 30.3. The summed E-state index contributed by atoms with van der Waals surface area (Å²) in [6, 6.07) is 3.01. The van der Waals surface area contributed by atoms with Crippen molar-refractivity contribution in [2.45, 2.75) is 123 Å². The van der Waals surface area contributed by atoms with Gasteiger partial charge in [0.05, 0.1) is 19.7 Å². The van der Waals surface area contributed by atoms with E-state index >= 15 is 0 Å². The van der Waals surface area contributed by atoms with Gasteiger partial charge in [-0.3, -0.25) is 4.90 Å². The molecule has 1 atom stereocenters. The van der Waals surface area contributed by atoms with Gasteiger partial charge in [0.1, 0.15) is 18.7 Å². The Labute approximate surface area is 245 Å². The van der Waals surface area contributed by atoms with Crippen molar-refractivity contribution >= 4 is 18.2 Å². The first-order chi connectivity index (χ1) is 19.5. The summed E-state index contributed by atoms with van der Waals surface area (Å²) >= 11 is 0. The number of rotatable bonds is 17. The third kappa shape index (κ3) is 11.9. The second kappa shape index (κ2) is 17.3. The highest BCUT2D eigenvalue weighted by molar-refractivity contribution is 5.86. The number of carboxylic acid groups (broad SMARTS) is 1. The number of carbonyl (C=O) groups excluding carboxylic acids is 3. The Morgan fingerprint density at radius 3 is 1.98 bits per heavy atom. The fourth-order valence-electron chi connectivity index (χ4n) is 4.96. The van der Waals surface area contributed by atoms with E-state index in [1.165, 1.54) is 82.1 Å². The minimum atomic E-state index is -1.37. The highest BCUT2D eigenvalue weighted by Crippen LogP contribution is 2.24. The van der Waals surface area contributed by atoms with Gasteiger partial charge in [0.25, 0.3) is 12.0 Å². The van der Waals surface area contributed by atoms with Crippen LogP contribution in [0.5, 0.6) is 5.95 Å². The fourth-order valence-corrected chi connectivity index (χ4v) is 4.96. The Hall–Kier alpha value is -2.75. The second-order valence-electron chi connectivity index (χ2n) is 12.1. The van der Waals surface area contributed by atoms with Crippen molar-refractivity contribution in [1.82, 2.24) is 4.90 Å². The van der Waals surface area contributed by atoms with Crippen LogP contribution in [0.25, 0.3) is 0 Å². The molecule has 1 fully saturated rings. The predicted molar refractivity (Wildman–Crippen MR) is 153 cm³/mol. The zero-order valence-electron chi connectivity index (χ0n) is 25.9. The van der Waals surface area contributed by atoms with Crippen molar-refractivity contribution in [1.29, 1.82) is 0 Å². The van der Waals surface area contributed by atoms with Gasteiger partial charge in [0.2, 0.25) is 12.0 Å². The first kappa shape index (κ1) is 34.5. The van der Waals surface area contributed by atoms with Crippen LogP contribution in [-0.4, -0.2) is 72.2 Å². The van der Waals surface area contributed by atoms with E-state index in [4.69, 9.17) is 18.6 Å². The molecule has 10 nitrogen and oxygen atoms in total. The molecule has 0 N–H and O–H groups in total. The Kier molecular flexibility index (Phi) is 14.5. The standard InChI is InChI=1S/C31H52N2O8/c1-6-7-8-9-10-11-12-13-14-15-16-17-24-38-27-19-18-26(40-27)28(34)39-25(2)33(30(36)37)22-20-32(21-23-33)29(35)41-31(3,4)5/h18-19,25H,6-17,20-24H2,1-5H3. The summed E-state index contributed by atoms with van der Waals surface area (Å²) in [5, 5.41) is 12.1. The molecule has 1 saturated heterocycles. The minimum absolute atomic E-state index is 0.0155. The van der Waals surface area contributed by atoms with Crippen LogP contribution in [0.1, 0.15) is 122 Å². The van der Waals surface area contributed by atoms with Crippen molar-refractivity contribution < 1.29 is 42.6 Å². The van der Waals surface area contributed by atoms with Gasteiger partial charge < -0.3 is 28.5 Å². The molecule has 1 aliphatic rings. The molecule has 0 aromatic carbocycles. The van der Waals surface area contributed by atoms with E-state index in [9.17, 15) is 19.5 Å². The summed E-state index contributed by atoms with van der Waals surface area (Å²) in [6.45, 7) is 9.83. The molecule has 0 aliphatic carbocycles. The van der Waals surface area contributed by atoms with Crippen LogP contribution in [0.2, 0.25) is 0 Å². The SMILES string of the molecule is CCCCCCCCCCCCCCOc1ccc(C(=O)OC(C)[N+]2(C(=O)[O-])CCN(C(=O)OC(C)(C)C)CC2)o1. The van der Waals surface area contributed by atoms with Gasteiger partial charge in [-0.05, 0) is 33.3 Å². The van der Waals surface area contributed by atoms with Crippen molar-refractivity contribution in [3.63, 3.8) is 0 Å². The fraction of sp³-hybridized carbons (Fsp3) is 0.774. The molecule has 1 aromatic rings. The van der Waals surface area contributed by atoms with Crippen molar-refractivity contribution in [3.8, 4) is 5.95 Å². The summed E-state index contributed by atoms with van der Waals surface area (Å²) < 4.78 is 21.4. The molecule has 0 radical (unpaired) electrons. The maximum Gasteiger partial charge on any atom is 0.410 e. The Balaban J connectivity index is 1.69. The molecule has 10 heteroatoms. The third-order valence-corrected chi connectivity index (χ3v) is 7.55. The number of carbonyl (C=O) groups is 3. The third-order valence-electron chi connectivity index (χ3n) is 7.55. The topological polar surface area (TPSA) is 118 Å². The van der Waals surface area contributed by atoms with Crippen molar-refractivity contribution in [2.24, 2.45) is 0 Å². The number of esters is 1. The van der Waals surface area contributed by atoms with Crippen LogP contribution in [-0.2, 0) is 9.47 Å². The number of nitrogens with zero attached hydrogens (tertiary/aromatic N) is 2. The number of hydrogen-bond acceptors (Lipinski definition) is 8. The lowest BCUT2D eigenvalue weighted by Gasteiger charge is -2.46. The first-order valence-corrected chi connectivity index (χ1v) is 15.5. The summed E-state index contributed by atoms with van der Waals surface area (Å²) in [7, 11) is 0. The lowest BCUT2D eigenvalue weighted by Crippen LogP contribution is -2.70. The second-order valence-corrected chi connectivity index (χ2v) is 12.1. The number of unbranched alkanes of at least 4 members (excludes halogenated alkanes) is 11. The van der Waals surface area contributed by atoms with Crippen molar-refractivity contribution in [3.05, 3.63) is 17.9 Å². The lowest BCUT2D eigenvalue weighted by molar-refractivity contribution is -0.920. The van der Waals surface area contributed by atoms with E-state index < -0.39 is 34.5 Å². The van der Waals surface area contributed by atoms with Gasteiger partial charge in [-0.25, -0.2) is 14.1 Å². The van der Waals surface area contributed by atoms with Gasteiger partial charge in [-0.1, -0.05) is 77.6 Å². The predicted octanol–water partition coefficient (Wildman–Crippen LogP) is 6.27. The molecule has 0 saturated carbocycles. The van der Waals surface area contributed by atoms with Gasteiger partial charge >= 0.3 is 12.1 Å². The van der Waals surface area contributed by atoms with Gasteiger partial charge in [0.15, 0.2) is 0 Å². The summed E-state index contributed by atoms with van der Waals surface area (Å²) in [4.78, 5) is 38.7. The van der Waals surface area contributed by atoms with E-state index in [-0.39, 0.29) is 37.9 Å². The molecule has 1 aromatic heterocycles. The smallest absolute Gasteiger partial charge is 0.410 e. The number of amides is 2. The van der Waals surface area contributed by atoms with Crippen LogP contribution in [0.4, 0.5) is 9.59 Å². The first-order valence-electron chi connectivity index (χ1n) is 15.5. The molecule has 1 aliphatic heterocycles. The average molecular weight is 581 g/mol. The minimum Gasteiger partial charge on any atom is -0.498 e.